The van der Waals surface area contributed by atoms with E-state index < -0.39 is 0 Å². The summed E-state index contributed by atoms with van der Waals surface area (Å²) in [4.78, 5) is 12.0. The summed E-state index contributed by atoms with van der Waals surface area (Å²) >= 11 is 3.61. The maximum absolute atomic E-state index is 6.30. The summed E-state index contributed by atoms with van der Waals surface area (Å²) in [5, 5.41) is 11.9. The van der Waals surface area contributed by atoms with E-state index in [1.807, 2.05) is 11.8 Å². The van der Waals surface area contributed by atoms with Gasteiger partial charge in [-0.15, -0.1) is 23.1 Å². The van der Waals surface area contributed by atoms with Gasteiger partial charge in [-0.1, -0.05) is 13.3 Å². The van der Waals surface area contributed by atoms with Crippen molar-refractivity contribution >= 4 is 50.2 Å². The first kappa shape index (κ1) is 20.1. The van der Waals surface area contributed by atoms with Crippen LogP contribution in [-0.4, -0.2) is 57.5 Å². The Bertz CT molecular complexity index is 1060. The quantitative estimate of drug-likeness (QED) is 0.518. The van der Waals surface area contributed by atoms with E-state index in [1.165, 1.54) is 10.4 Å². The van der Waals surface area contributed by atoms with Gasteiger partial charge in [0.05, 0.1) is 27.7 Å². The molecule has 30 heavy (non-hydrogen) atoms. The number of anilines is 1. The van der Waals surface area contributed by atoms with E-state index in [1.54, 1.807) is 11.3 Å². The lowest BCUT2D eigenvalue weighted by molar-refractivity contribution is 0.255. The summed E-state index contributed by atoms with van der Waals surface area (Å²) in [6, 6.07) is 2.05. The number of thioether (sulfide) groups is 1. The number of aromatic nitrogens is 3. The molecular weight excluding hydrogens is 414 g/mol. The van der Waals surface area contributed by atoms with E-state index in [9.17, 15) is 0 Å². The standard InChI is InChI=1S/C21H29N7S2/c1-2-3-4-16-26-18-19(20-15(5-10-29-20)25-21(18)22)28(16)12-17-24-14(13-30-17)11-27-8-6-23-7-9-27/h5,10,13,17,23-24H,2-4,6-9,11-12H2,1H3,(H2,22,25). The Morgan fingerprint density at radius 1 is 1.27 bits per heavy atom. The average molecular weight is 444 g/mol. The Labute approximate surface area is 185 Å². The van der Waals surface area contributed by atoms with Crippen molar-refractivity contribution in [1.82, 2.24) is 30.1 Å². The van der Waals surface area contributed by atoms with Crippen molar-refractivity contribution in [3.63, 3.8) is 0 Å². The molecule has 4 N–H and O–H groups in total. The second-order valence-corrected chi connectivity index (χ2v) is 10.0. The minimum absolute atomic E-state index is 0.310. The minimum Gasteiger partial charge on any atom is -0.382 e. The van der Waals surface area contributed by atoms with Crippen LogP contribution in [0.5, 0.6) is 0 Å². The summed E-state index contributed by atoms with van der Waals surface area (Å²) in [7, 11) is 0. The van der Waals surface area contributed by atoms with Crippen LogP contribution in [0.4, 0.5) is 5.82 Å². The van der Waals surface area contributed by atoms with Crippen LogP contribution < -0.4 is 16.4 Å². The monoisotopic (exact) mass is 443 g/mol. The molecule has 0 radical (unpaired) electrons. The molecule has 2 aliphatic rings. The second-order valence-electron chi connectivity index (χ2n) is 8.01. The zero-order valence-electron chi connectivity index (χ0n) is 17.4. The third-order valence-corrected chi connectivity index (χ3v) is 7.74. The van der Waals surface area contributed by atoms with Crippen molar-refractivity contribution in [2.75, 3.05) is 38.5 Å². The molecule has 0 bridgehead atoms. The molecule has 0 aliphatic carbocycles. The molecule has 7 nitrogen and oxygen atoms in total. The molecule has 3 aromatic heterocycles. The summed E-state index contributed by atoms with van der Waals surface area (Å²) in [6.07, 6.45) is 3.25. The van der Waals surface area contributed by atoms with Crippen molar-refractivity contribution in [2.45, 2.75) is 38.1 Å². The summed E-state index contributed by atoms with van der Waals surface area (Å²) in [5.41, 5.74) is 10.6. The van der Waals surface area contributed by atoms with Gasteiger partial charge in [0.2, 0.25) is 0 Å². The number of hydrogen-bond donors (Lipinski definition) is 3. The van der Waals surface area contributed by atoms with Gasteiger partial charge in [-0.3, -0.25) is 4.90 Å². The number of nitrogen functional groups attached to an aromatic ring is 1. The van der Waals surface area contributed by atoms with E-state index >= 15 is 0 Å². The first-order valence-electron chi connectivity index (χ1n) is 10.8. The highest BCUT2D eigenvalue weighted by Gasteiger charge is 2.24. The first-order chi connectivity index (χ1) is 14.7. The Morgan fingerprint density at radius 2 is 2.13 bits per heavy atom. The lowest BCUT2D eigenvalue weighted by Gasteiger charge is -2.28. The molecule has 0 aromatic carbocycles. The van der Waals surface area contributed by atoms with Crippen LogP contribution in [0.1, 0.15) is 25.6 Å². The van der Waals surface area contributed by atoms with Gasteiger partial charge in [0.15, 0.2) is 5.82 Å². The number of fused-ring (bicyclic) bond motifs is 3. The minimum atomic E-state index is 0.310. The zero-order chi connectivity index (χ0) is 20.5. The lowest BCUT2D eigenvalue weighted by atomic mass is 10.2. The highest BCUT2D eigenvalue weighted by atomic mass is 32.2. The summed E-state index contributed by atoms with van der Waals surface area (Å²) in [5.74, 6) is 1.66. The van der Waals surface area contributed by atoms with Gasteiger partial charge in [0, 0.05) is 44.8 Å². The van der Waals surface area contributed by atoms with Crippen LogP contribution in [0.25, 0.3) is 21.3 Å². The summed E-state index contributed by atoms with van der Waals surface area (Å²) in [6.45, 7) is 8.49. The molecular formula is C21H29N7S2. The smallest absolute Gasteiger partial charge is 0.152 e. The van der Waals surface area contributed by atoms with Gasteiger partial charge in [-0.05, 0) is 23.3 Å². The third-order valence-electron chi connectivity index (χ3n) is 5.82. The predicted octanol–water partition coefficient (Wildman–Crippen LogP) is 2.98. The zero-order valence-corrected chi connectivity index (χ0v) is 19.0. The van der Waals surface area contributed by atoms with Gasteiger partial charge in [0.1, 0.15) is 11.3 Å². The fraction of sp³-hybridized carbons (Fsp3) is 0.524. The number of piperazine rings is 1. The second kappa shape index (κ2) is 8.74. The molecule has 1 fully saturated rings. The molecule has 1 saturated heterocycles. The van der Waals surface area contributed by atoms with E-state index in [2.05, 4.69) is 48.9 Å². The Kier molecular flexibility index (Phi) is 5.86. The number of hydrogen-bond acceptors (Lipinski definition) is 8. The number of aryl methyl sites for hydroxylation is 1. The topological polar surface area (TPSA) is 84.0 Å². The van der Waals surface area contributed by atoms with Crippen LogP contribution in [0.15, 0.2) is 22.6 Å². The van der Waals surface area contributed by atoms with Gasteiger partial charge in [-0.2, -0.15) is 0 Å². The largest absolute Gasteiger partial charge is 0.382 e. The Morgan fingerprint density at radius 3 is 2.97 bits per heavy atom. The number of nitrogens with two attached hydrogens (primary N) is 1. The van der Waals surface area contributed by atoms with Gasteiger partial charge in [-0.25, -0.2) is 9.97 Å². The molecule has 3 aromatic rings. The molecule has 0 spiro atoms. The maximum Gasteiger partial charge on any atom is 0.152 e. The molecule has 160 valence electrons. The number of pyridine rings is 1. The van der Waals surface area contributed by atoms with Crippen molar-refractivity contribution in [2.24, 2.45) is 0 Å². The lowest BCUT2D eigenvalue weighted by Crippen LogP contribution is -2.45. The molecule has 2 aliphatic heterocycles. The van der Waals surface area contributed by atoms with E-state index in [-0.39, 0.29) is 0 Å². The number of rotatable bonds is 7. The van der Waals surface area contributed by atoms with E-state index in [0.29, 0.717) is 11.2 Å². The van der Waals surface area contributed by atoms with Gasteiger partial charge >= 0.3 is 0 Å². The van der Waals surface area contributed by atoms with Crippen molar-refractivity contribution in [3.8, 4) is 0 Å². The maximum atomic E-state index is 6.30. The Balaban J connectivity index is 1.40. The SMILES string of the molecule is CCCCc1nc2c(N)nc3ccsc3c2n1CC1NC(CN2CCNCC2)=CS1. The number of imidazole rings is 1. The van der Waals surface area contributed by atoms with Crippen LogP contribution in [0.3, 0.4) is 0 Å². The first-order valence-corrected chi connectivity index (χ1v) is 12.6. The highest BCUT2D eigenvalue weighted by Crippen LogP contribution is 2.34. The van der Waals surface area contributed by atoms with Crippen molar-refractivity contribution in [1.29, 1.82) is 0 Å². The fourth-order valence-corrected chi connectivity index (χ4v) is 6.08. The van der Waals surface area contributed by atoms with Crippen molar-refractivity contribution in [3.05, 3.63) is 28.4 Å². The molecule has 0 amide bonds. The molecule has 9 heteroatoms. The molecule has 5 rings (SSSR count). The molecule has 1 atom stereocenters. The normalized spacial score (nSPS) is 20.2. The van der Waals surface area contributed by atoms with Gasteiger partial charge < -0.3 is 20.9 Å². The number of thiophene rings is 1. The van der Waals surface area contributed by atoms with E-state index in [4.69, 9.17) is 10.7 Å². The molecule has 0 saturated carbocycles. The number of unbranched alkanes of at least 4 members (excludes halogenated alkanes) is 1. The average Bonchev–Trinajstić information content (AvgIpc) is 3.47. The number of nitrogens with zero attached hydrogens (tertiary/aromatic N) is 4. The third kappa shape index (κ3) is 3.91. The predicted molar refractivity (Wildman–Crippen MR) is 128 cm³/mol. The van der Waals surface area contributed by atoms with E-state index in [0.717, 1.165) is 80.9 Å². The van der Waals surface area contributed by atoms with Gasteiger partial charge in [0.25, 0.3) is 0 Å². The number of nitrogens with one attached hydrogen (secondary N) is 2. The highest BCUT2D eigenvalue weighted by molar-refractivity contribution is 8.02. The van der Waals surface area contributed by atoms with Crippen LogP contribution >= 0.6 is 23.1 Å². The molecule has 5 heterocycles. The molecule has 1 unspecified atom stereocenters. The van der Waals surface area contributed by atoms with Crippen molar-refractivity contribution < 1.29 is 0 Å². The fourth-order valence-electron chi connectivity index (χ4n) is 4.27. The van der Waals surface area contributed by atoms with Crippen LogP contribution in [0.2, 0.25) is 0 Å². The Hall–Kier alpha value is -1.81. The van der Waals surface area contributed by atoms with Crippen LogP contribution in [0, 0.1) is 0 Å². The van der Waals surface area contributed by atoms with Crippen LogP contribution in [-0.2, 0) is 13.0 Å². The summed E-state index contributed by atoms with van der Waals surface area (Å²) < 4.78 is 3.58.